The van der Waals surface area contributed by atoms with Crippen molar-refractivity contribution >= 4 is 17.2 Å². The van der Waals surface area contributed by atoms with Crippen LogP contribution in [0, 0.1) is 12.8 Å². The number of nitrogens with one attached hydrogen (secondary N) is 1. The van der Waals surface area contributed by atoms with Crippen LogP contribution in [0.1, 0.15) is 41.6 Å². The molecule has 0 saturated carbocycles. The molecule has 0 radical (unpaired) electrons. The zero-order chi connectivity index (χ0) is 15.4. The Morgan fingerprint density at radius 1 is 1.52 bits per heavy atom. The number of aromatic nitrogens is 2. The third kappa shape index (κ3) is 3.92. The number of carbonyl (C=O) groups is 1. The second-order valence-corrected chi connectivity index (χ2v) is 6.28. The van der Waals surface area contributed by atoms with Crippen LogP contribution in [0.5, 0.6) is 0 Å². The highest BCUT2D eigenvalue weighted by atomic mass is 32.1. The van der Waals surface area contributed by atoms with E-state index in [0.717, 1.165) is 17.8 Å². The Morgan fingerprint density at radius 2 is 2.29 bits per heavy atom. The number of hydrogen-bond donors (Lipinski definition) is 2. The van der Waals surface area contributed by atoms with Crippen molar-refractivity contribution in [3.8, 4) is 0 Å². The lowest BCUT2D eigenvalue weighted by Gasteiger charge is -2.11. The van der Waals surface area contributed by atoms with Crippen LogP contribution in [0.3, 0.4) is 0 Å². The second-order valence-electron chi connectivity index (χ2n) is 5.50. The maximum Gasteiger partial charge on any atom is 0.254 e. The lowest BCUT2D eigenvalue weighted by atomic mass is 10.2. The summed E-state index contributed by atoms with van der Waals surface area (Å²) in [5.74, 6) is 0.275. The van der Waals surface area contributed by atoms with Gasteiger partial charge >= 0.3 is 0 Å². The van der Waals surface area contributed by atoms with Gasteiger partial charge in [-0.15, -0.1) is 0 Å². The van der Waals surface area contributed by atoms with E-state index in [1.165, 1.54) is 11.3 Å². The fraction of sp³-hybridized carbons (Fsp3) is 0.467. The van der Waals surface area contributed by atoms with Crippen molar-refractivity contribution in [3.05, 3.63) is 39.8 Å². The minimum atomic E-state index is -0.675. The van der Waals surface area contributed by atoms with Crippen molar-refractivity contribution in [1.29, 1.82) is 0 Å². The molecule has 2 heterocycles. The maximum atomic E-state index is 12.2. The molecular weight excluding hydrogens is 286 g/mol. The molecule has 21 heavy (non-hydrogen) atoms. The molecule has 6 heteroatoms. The summed E-state index contributed by atoms with van der Waals surface area (Å²) in [5, 5.41) is 20.8. The van der Waals surface area contributed by atoms with Gasteiger partial charge in [0.05, 0.1) is 17.9 Å². The van der Waals surface area contributed by atoms with Gasteiger partial charge in [-0.05, 0) is 35.2 Å². The first-order valence-electron chi connectivity index (χ1n) is 6.99. The van der Waals surface area contributed by atoms with Crippen LogP contribution in [0.2, 0.25) is 0 Å². The zero-order valence-corrected chi connectivity index (χ0v) is 13.4. The topological polar surface area (TPSA) is 67.2 Å². The molecular formula is C15H21N3O2S. The first-order chi connectivity index (χ1) is 9.99. The van der Waals surface area contributed by atoms with Gasteiger partial charge in [0.25, 0.3) is 5.91 Å². The average molecular weight is 307 g/mol. The first-order valence-corrected chi connectivity index (χ1v) is 7.94. The van der Waals surface area contributed by atoms with Crippen LogP contribution in [-0.2, 0) is 6.54 Å². The molecule has 1 unspecified atom stereocenters. The third-order valence-electron chi connectivity index (χ3n) is 3.27. The number of rotatable bonds is 6. The summed E-state index contributed by atoms with van der Waals surface area (Å²) in [5.41, 5.74) is 2.24. The standard InChI is InChI=1S/C15H21N3O2S/c1-10(2)8-18-11(3)13(6-17-18)15(20)16-7-14(19)12-4-5-21-9-12/h4-6,9-10,14,19H,7-8H2,1-3H3,(H,16,20). The predicted molar refractivity (Wildman–Crippen MR) is 83.4 cm³/mol. The van der Waals surface area contributed by atoms with Gasteiger partial charge < -0.3 is 10.4 Å². The molecule has 114 valence electrons. The maximum absolute atomic E-state index is 12.2. The molecule has 2 N–H and O–H groups in total. The van der Waals surface area contributed by atoms with Crippen molar-refractivity contribution in [2.75, 3.05) is 6.54 Å². The van der Waals surface area contributed by atoms with Gasteiger partial charge in [0.15, 0.2) is 0 Å². The van der Waals surface area contributed by atoms with Crippen LogP contribution >= 0.6 is 11.3 Å². The molecule has 0 spiro atoms. The summed E-state index contributed by atoms with van der Waals surface area (Å²) in [6, 6.07) is 1.85. The lowest BCUT2D eigenvalue weighted by molar-refractivity contribution is 0.0915. The van der Waals surface area contributed by atoms with Crippen molar-refractivity contribution in [1.82, 2.24) is 15.1 Å². The van der Waals surface area contributed by atoms with Gasteiger partial charge in [0.2, 0.25) is 0 Å². The SMILES string of the molecule is Cc1c(C(=O)NCC(O)c2ccsc2)cnn1CC(C)C. The van der Waals surface area contributed by atoms with Gasteiger partial charge in [-0.2, -0.15) is 16.4 Å². The number of nitrogens with zero attached hydrogens (tertiary/aromatic N) is 2. The van der Waals surface area contributed by atoms with Gasteiger partial charge in [0.1, 0.15) is 0 Å². The van der Waals surface area contributed by atoms with Gasteiger partial charge in [-0.3, -0.25) is 9.48 Å². The molecule has 2 aromatic rings. The predicted octanol–water partition coefficient (Wildman–Crippen LogP) is 2.37. The molecule has 0 aliphatic heterocycles. The summed E-state index contributed by atoms with van der Waals surface area (Å²) in [6.07, 6.45) is 0.913. The van der Waals surface area contributed by atoms with Crippen molar-refractivity contribution < 1.29 is 9.90 Å². The molecule has 0 aromatic carbocycles. The Kier molecular flexibility index (Phi) is 5.14. The van der Waals surface area contributed by atoms with E-state index in [1.54, 1.807) is 6.20 Å². The van der Waals surface area contributed by atoms with Crippen molar-refractivity contribution in [2.45, 2.75) is 33.4 Å². The summed E-state index contributed by atoms with van der Waals surface area (Å²) >= 11 is 1.52. The summed E-state index contributed by atoms with van der Waals surface area (Å²) in [7, 11) is 0. The van der Waals surface area contributed by atoms with Crippen LogP contribution in [-0.4, -0.2) is 27.3 Å². The molecule has 2 aromatic heterocycles. The quantitative estimate of drug-likeness (QED) is 0.861. The molecule has 1 amide bonds. The van der Waals surface area contributed by atoms with Crippen molar-refractivity contribution in [3.63, 3.8) is 0 Å². The molecule has 2 rings (SSSR count). The Balaban J connectivity index is 1.96. The van der Waals surface area contributed by atoms with Crippen LogP contribution < -0.4 is 5.32 Å². The molecule has 1 atom stereocenters. The largest absolute Gasteiger partial charge is 0.387 e. The van der Waals surface area contributed by atoms with Gasteiger partial charge in [-0.25, -0.2) is 0 Å². The minimum absolute atomic E-state index is 0.197. The van der Waals surface area contributed by atoms with E-state index in [1.807, 2.05) is 28.4 Å². The Bertz CT molecular complexity index is 590. The van der Waals surface area contributed by atoms with E-state index in [-0.39, 0.29) is 12.5 Å². The van der Waals surface area contributed by atoms with Gasteiger partial charge in [0, 0.05) is 18.8 Å². The van der Waals surface area contributed by atoms with Crippen LogP contribution in [0.15, 0.2) is 23.0 Å². The lowest BCUT2D eigenvalue weighted by Crippen LogP contribution is -2.28. The monoisotopic (exact) mass is 307 g/mol. The Hall–Kier alpha value is -1.66. The highest BCUT2D eigenvalue weighted by molar-refractivity contribution is 7.07. The molecule has 0 bridgehead atoms. The molecule has 0 fully saturated rings. The molecule has 0 saturated heterocycles. The number of aliphatic hydroxyl groups excluding tert-OH is 1. The highest BCUT2D eigenvalue weighted by Gasteiger charge is 2.16. The van der Waals surface area contributed by atoms with E-state index in [2.05, 4.69) is 24.3 Å². The van der Waals surface area contributed by atoms with E-state index in [9.17, 15) is 9.90 Å². The molecule has 0 aliphatic carbocycles. The normalized spacial score (nSPS) is 12.6. The van der Waals surface area contributed by atoms with Crippen LogP contribution in [0.4, 0.5) is 0 Å². The second kappa shape index (κ2) is 6.87. The van der Waals surface area contributed by atoms with E-state index >= 15 is 0 Å². The number of carbonyl (C=O) groups excluding carboxylic acids is 1. The number of aliphatic hydroxyl groups is 1. The van der Waals surface area contributed by atoms with E-state index in [4.69, 9.17) is 0 Å². The molecule has 5 nitrogen and oxygen atoms in total. The fourth-order valence-corrected chi connectivity index (χ4v) is 2.77. The Labute approximate surface area is 128 Å². The number of thiophene rings is 1. The average Bonchev–Trinajstić information content (AvgIpc) is 3.07. The number of amides is 1. The fourth-order valence-electron chi connectivity index (χ4n) is 2.07. The zero-order valence-electron chi connectivity index (χ0n) is 12.5. The summed E-state index contributed by atoms with van der Waals surface area (Å²) in [4.78, 5) is 12.2. The smallest absolute Gasteiger partial charge is 0.254 e. The van der Waals surface area contributed by atoms with E-state index in [0.29, 0.717) is 11.5 Å². The third-order valence-corrected chi connectivity index (χ3v) is 3.97. The first kappa shape index (κ1) is 15.7. The van der Waals surface area contributed by atoms with Crippen LogP contribution in [0.25, 0.3) is 0 Å². The number of hydrogen-bond acceptors (Lipinski definition) is 4. The summed E-state index contributed by atoms with van der Waals surface area (Å²) < 4.78 is 1.84. The van der Waals surface area contributed by atoms with Gasteiger partial charge in [-0.1, -0.05) is 13.8 Å². The summed E-state index contributed by atoms with van der Waals surface area (Å²) in [6.45, 7) is 7.09. The minimum Gasteiger partial charge on any atom is -0.387 e. The molecule has 0 aliphatic rings. The van der Waals surface area contributed by atoms with Crippen molar-refractivity contribution in [2.24, 2.45) is 5.92 Å². The van der Waals surface area contributed by atoms with E-state index < -0.39 is 6.10 Å². The Morgan fingerprint density at radius 3 is 2.90 bits per heavy atom. The highest BCUT2D eigenvalue weighted by Crippen LogP contribution is 2.15.